The molecule has 0 fully saturated rings. The molecule has 2 atom stereocenters. The lowest BCUT2D eigenvalue weighted by Crippen LogP contribution is -2.26. The standard InChI is InChI=1S/C15H21F4NO/c1-4-7-20-14(8-10(2)21-3)11-5-6-12(13(16)9-11)15(17,18)19/h5-6,9-10,14,20H,4,7-8H2,1-3H3. The van der Waals surface area contributed by atoms with Crippen molar-refractivity contribution in [2.75, 3.05) is 13.7 Å². The van der Waals surface area contributed by atoms with Crippen molar-refractivity contribution in [1.82, 2.24) is 5.32 Å². The molecule has 2 unspecified atom stereocenters. The third-order valence-electron chi connectivity index (χ3n) is 3.31. The average Bonchev–Trinajstić information content (AvgIpc) is 2.41. The van der Waals surface area contributed by atoms with Crippen LogP contribution in [0.2, 0.25) is 0 Å². The minimum Gasteiger partial charge on any atom is -0.382 e. The molecule has 0 aliphatic rings. The van der Waals surface area contributed by atoms with Crippen molar-refractivity contribution in [3.8, 4) is 0 Å². The van der Waals surface area contributed by atoms with Crippen molar-refractivity contribution in [2.24, 2.45) is 0 Å². The quantitative estimate of drug-likeness (QED) is 0.758. The second-order valence-electron chi connectivity index (χ2n) is 5.03. The fourth-order valence-corrected chi connectivity index (χ4v) is 2.06. The van der Waals surface area contributed by atoms with E-state index < -0.39 is 17.6 Å². The van der Waals surface area contributed by atoms with Crippen LogP contribution in [0.1, 0.15) is 43.9 Å². The van der Waals surface area contributed by atoms with Crippen molar-refractivity contribution in [1.29, 1.82) is 0 Å². The molecule has 0 aliphatic heterocycles. The molecule has 0 aromatic heterocycles. The maximum atomic E-state index is 13.7. The predicted octanol–water partition coefficient (Wildman–Crippen LogP) is 4.31. The van der Waals surface area contributed by atoms with Gasteiger partial charge in [-0.1, -0.05) is 13.0 Å². The van der Waals surface area contributed by atoms with E-state index in [1.807, 2.05) is 13.8 Å². The summed E-state index contributed by atoms with van der Waals surface area (Å²) in [4.78, 5) is 0. The Bertz CT molecular complexity index is 448. The summed E-state index contributed by atoms with van der Waals surface area (Å²) in [7, 11) is 1.56. The minimum atomic E-state index is -4.67. The Kier molecular flexibility index (Phi) is 6.61. The van der Waals surface area contributed by atoms with E-state index in [0.29, 0.717) is 18.5 Å². The summed E-state index contributed by atoms with van der Waals surface area (Å²) in [6, 6.07) is 2.83. The number of hydrogen-bond acceptors (Lipinski definition) is 2. The number of nitrogens with one attached hydrogen (secondary N) is 1. The molecule has 6 heteroatoms. The van der Waals surface area contributed by atoms with E-state index in [4.69, 9.17) is 4.74 Å². The van der Waals surface area contributed by atoms with Gasteiger partial charge in [-0.05, 0) is 44.0 Å². The van der Waals surface area contributed by atoms with Crippen LogP contribution in [-0.2, 0) is 10.9 Å². The highest BCUT2D eigenvalue weighted by Gasteiger charge is 2.34. The van der Waals surface area contributed by atoms with Crippen molar-refractivity contribution >= 4 is 0 Å². The van der Waals surface area contributed by atoms with Gasteiger partial charge >= 0.3 is 6.18 Å². The predicted molar refractivity (Wildman–Crippen MR) is 73.5 cm³/mol. The van der Waals surface area contributed by atoms with E-state index in [1.54, 1.807) is 7.11 Å². The first-order valence-electron chi connectivity index (χ1n) is 6.92. The first kappa shape index (κ1) is 17.9. The van der Waals surface area contributed by atoms with Crippen LogP contribution in [0.4, 0.5) is 17.6 Å². The van der Waals surface area contributed by atoms with Gasteiger partial charge in [0.2, 0.25) is 0 Å². The Morgan fingerprint density at radius 3 is 2.43 bits per heavy atom. The molecular weight excluding hydrogens is 286 g/mol. The molecule has 21 heavy (non-hydrogen) atoms. The van der Waals surface area contributed by atoms with Crippen LogP contribution in [-0.4, -0.2) is 19.8 Å². The molecule has 0 aliphatic carbocycles. The Morgan fingerprint density at radius 2 is 1.95 bits per heavy atom. The van der Waals surface area contributed by atoms with Gasteiger partial charge in [0, 0.05) is 13.2 Å². The molecule has 1 aromatic carbocycles. The van der Waals surface area contributed by atoms with E-state index in [2.05, 4.69) is 5.32 Å². The zero-order valence-corrected chi connectivity index (χ0v) is 12.4. The van der Waals surface area contributed by atoms with E-state index in [-0.39, 0.29) is 12.1 Å². The van der Waals surface area contributed by atoms with E-state index >= 15 is 0 Å². The molecule has 2 nitrogen and oxygen atoms in total. The normalized spacial score (nSPS) is 15.0. The molecule has 0 amide bonds. The van der Waals surface area contributed by atoms with Crippen LogP contribution < -0.4 is 5.32 Å². The molecule has 1 rings (SSSR count). The lowest BCUT2D eigenvalue weighted by molar-refractivity contribution is -0.140. The second kappa shape index (κ2) is 7.75. The van der Waals surface area contributed by atoms with Crippen molar-refractivity contribution in [3.63, 3.8) is 0 Å². The summed E-state index contributed by atoms with van der Waals surface area (Å²) in [5, 5.41) is 3.21. The molecule has 0 spiro atoms. The maximum absolute atomic E-state index is 13.7. The Morgan fingerprint density at radius 1 is 1.29 bits per heavy atom. The van der Waals surface area contributed by atoms with Gasteiger partial charge in [0.1, 0.15) is 5.82 Å². The van der Waals surface area contributed by atoms with E-state index in [0.717, 1.165) is 18.6 Å². The number of ether oxygens (including phenoxy) is 1. The van der Waals surface area contributed by atoms with Crippen LogP contribution in [0.3, 0.4) is 0 Å². The van der Waals surface area contributed by atoms with Crippen LogP contribution in [0, 0.1) is 5.82 Å². The first-order chi connectivity index (χ1) is 9.79. The molecule has 120 valence electrons. The number of rotatable bonds is 7. The molecule has 1 aromatic rings. The van der Waals surface area contributed by atoms with E-state index in [9.17, 15) is 17.6 Å². The van der Waals surface area contributed by atoms with Crippen LogP contribution in [0.5, 0.6) is 0 Å². The van der Waals surface area contributed by atoms with Crippen LogP contribution in [0.15, 0.2) is 18.2 Å². The molecular formula is C15H21F4NO. The zero-order valence-electron chi connectivity index (χ0n) is 12.4. The molecule has 0 saturated carbocycles. The number of halogens is 4. The van der Waals surface area contributed by atoms with E-state index in [1.165, 1.54) is 6.07 Å². The fraction of sp³-hybridized carbons (Fsp3) is 0.600. The highest BCUT2D eigenvalue weighted by molar-refractivity contribution is 5.28. The molecule has 0 bridgehead atoms. The van der Waals surface area contributed by atoms with Gasteiger partial charge in [-0.2, -0.15) is 13.2 Å². The third kappa shape index (κ3) is 5.28. The summed E-state index contributed by atoms with van der Waals surface area (Å²) in [6.07, 6.45) is -3.32. The lowest BCUT2D eigenvalue weighted by atomic mass is 9.99. The number of hydrogen-bond donors (Lipinski definition) is 1. The van der Waals surface area contributed by atoms with Gasteiger partial charge in [0.15, 0.2) is 0 Å². The monoisotopic (exact) mass is 307 g/mol. The molecule has 1 N–H and O–H groups in total. The summed E-state index contributed by atoms with van der Waals surface area (Å²) in [6.45, 7) is 4.54. The zero-order chi connectivity index (χ0) is 16.0. The summed E-state index contributed by atoms with van der Waals surface area (Å²) in [5.41, 5.74) is -0.738. The van der Waals surface area contributed by atoms with Crippen molar-refractivity contribution in [2.45, 2.75) is 45.0 Å². The Labute approximate surface area is 122 Å². The molecule has 0 saturated heterocycles. The topological polar surface area (TPSA) is 21.3 Å². The number of alkyl halides is 3. The largest absolute Gasteiger partial charge is 0.419 e. The maximum Gasteiger partial charge on any atom is 0.419 e. The second-order valence-corrected chi connectivity index (χ2v) is 5.03. The Hall–Kier alpha value is -1.14. The Balaban J connectivity index is 2.99. The van der Waals surface area contributed by atoms with Gasteiger partial charge in [-0.3, -0.25) is 0 Å². The number of benzene rings is 1. The fourth-order valence-electron chi connectivity index (χ4n) is 2.06. The molecule has 0 radical (unpaired) electrons. The van der Waals surface area contributed by atoms with Crippen molar-refractivity contribution < 1.29 is 22.3 Å². The highest BCUT2D eigenvalue weighted by atomic mass is 19.4. The summed E-state index contributed by atoms with van der Waals surface area (Å²) < 4.78 is 56.6. The van der Waals surface area contributed by atoms with Gasteiger partial charge < -0.3 is 10.1 Å². The smallest absolute Gasteiger partial charge is 0.382 e. The van der Waals surface area contributed by atoms with Crippen LogP contribution in [0.25, 0.3) is 0 Å². The minimum absolute atomic E-state index is 0.0790. The van der Waals surface area contributed by atoms with Crippen molar-refractivity contribution in [3.05, 3.63) is 35.1 Å². The highest BCUT2D eigenvalue weighted by Crippen LogP contribution is 2.33. The molecule has 0 heterocycles. The average molecular weight is 307 g/mol. The van der Waals surface area contributed by atoms with Crippen LogP contribution >= 0.6 is 0 Å². The summed E-state index contributed by atoms with van der Waals surface area (Å²) >= 11 is 0. The third-order valence-corrected chi connectivity index (χ3v) is 3.31. The van der Waals surface area contributed by atoms with Gasteiger partial charge in [0.25, 0.3) is 0 Å². The first-order valence-corrected chi connectivity index (χ1v) is 6.92. The lowest BCUT2D eigenvalue weighted by Gasteiger charge is -2.22. The van der Waals surface area contributed by atoms with Gasteiger partial charge in [0.05, 0.1) is 11.7 Å². The summed E-state index contributed by atoms with van der Waals surface area (Å²) in [5.74, 6) is -1.24. The van der Waals surface area contributed by atoms with Gasteiger partial charge in [-0.25, -0.2) is 4.39 Å². The number of methoxy groups -OCH3 is 1. The van der Waals surface area contributed by atoms with Gasteiger partial charge in [-0.15, -0.1) is 0 Å². The SMILES string of the molecule is CCCNC(CC(C)OC)c1ccc(C(F)(F)F)c(F)c1.